The molecule has 7 heteroatoms. The molecule has 1 aliphatic carbocycles. The van der Waals surface area contributed by atoms with Crippen molar-refractivity contribution in [3.05, 3.63) is 59.7 Å². The van der Waals surface area contributed by atoms with Gasteiger partial charge in [0, 0.05) is 11.8 Å². The second kappa shape index (κ2) is 11.8. The Hall–Kier alpha value is -1.99. The Morgan fingerprint density at radius 2 is 1.75 bits per heavy atom. The fourth-order valence-electron chi connectivity index (χ4n) is 3.90. The first kappa shape index (κ1) is 24.6. The van der Waals surface area contributed by atoms with Crippen molar-refractivity contribution in [1.82, 2.24) is 5.32 Å². The number of rotatable bonds is 10. The highest BCUT2D eigenvalue weighted by molar-refractivity contribution is 7.99. The Balaban J connectivity index is 1.62. The van der Waals surface area contributed by atoms with Crippen LogP contribution in [0, 0.1) is 13.8 Å². The van der Waals surface area contributed by atoms with Gasteiger partial charge in [-0.25, -0.2) is 8.42 Å². The summed E-state index contributed by atoms with van der Waals surface area (Å²) in [6.45, 7) is 4.14. The Labute approximate surface area is 197 Å². The summed E-state index contributed by atoms with van der Waals surface area (Å²) in [5, 5.41) is 3.67. The fourth-order valence-corrected chi connectivity index (χ4v) is 6.63. The summed E-state index contributed by atoms with van der Waals surface area (Å²) in [5.41, 5.74) is 2.41. The minimum absolute atomic E-state index is 0.182. The molecule has 2 aromatic carbocycles. The zero-order valence-electron chi connectivity index (χ0n) is 19.0. The van der Waals surface area contributed by atoms with Gasteiger partial charge in [0.2, 0.25) is 5.91 Å². The summed E-state index contributed by atoms with van der Waals surface area (Å²) in [4.78, 5) is 12.9. The van der Waals surface area contributed by atoms with Crippen molar-refractivity contribution >= 4 is 33.4 Å². The van der Waals surface area contributed by atoms with Crippen LogP contribution in [0.2, 0.25) is 0 Å². The van der Waals surface area contributed by atoms with Gasteiger partial charge in [0.1, 0.15) is 6.54 Å². The number of amides is 1. The number of nitrogens with zero attached hydrogens (tertiary/aromatic N) is 1. The van der Waals surface area contributed by atoms with Gasteiger partial charge in [-0.05, 0) is 68.7 Å². The zero-order chi connectivity index (χ0) is 23.0. The van der Waals surface area contributed by atoms with Crippen LogP contribution < -0.4 is 9.62 Å². The third kappa shape index (κ3) is 7.01. The highest BCUT2D eigenvalue weighted by Crippen LogP contribution is 2.28. The van der Waals surface area contributed by atoms with Gasteiger partial charge in [0.05, 0.1) is 10.6 Å². The predicted octanol–water partition coefficient (Wildman–Crippen LogP) is 5.07. The first-order valence-corrected chi connectivity index (χ1v) is 13.9. The standard InChI is InChI=1S/C25H34N2O3S2/c1-20-12-14-24(15-13-20)32(29,30)27(22-9-6-8-21(2)18-22)19-25(28)26-16-7-17-31-23-10-4-3-5-11-23/h6,8-9,12-15,18,23H,3-5,7,10-11,16-17,19H2,1-2H3,(H,26,28). The van der Waals surface area contributed by atoms with Crippen molar-refractivity contribution in [2.75, 3.05) is 23.1 Å². The molecule has 0 aromatic heterocycles. The average Bonchev–Trinajstić information content (AvgIpc) is 2.78. The first-order valence-electron chi connectivity index (χ1n) is 11.4. The van der Waals surface area contributed by atoms with E-state index in [2.05, 4.69) is 5.32 Å². The maximum absolute atomic E-state index is 13.4. The zero-order valence-corrected chi connectivity index (χ0v) is 20.7. The molecule has 2 aromatic rings. The lowest BCUT2D eigenvalue weighted by Crippen LogP contribution is -2.41. The SMILES string of the molecule is Cc1ccc(S(=O)(=O)N(CC(=O)NCCCSC2CCCCC2)c2cccc(C)c2)cc1. The summed E-state index contributed by atoms with van der Waals surface area (Å²) < 4.78 is 28.0. The van der Waals surface area contributed by atoms with E-state index in [-0.39, 0.29) is 17.3 Å². The van der Waals surface area contributed by atoms with Crippen molar-refractivity contribution < 1.29 is 13.2 Å². The number of sulfonamides is 1. The molecule has 1 N–H and O–H groups in total. The van der Waals surface area contributed by atoms with Crippen molar-refractivity contribution in [3.8, 4) is 0 Å². The topological polar surface area (TPSA) is 66.5 Å². The molecular weight excluding hydrogens is 440 g/mol. The second-order valence-corrected chi connectivity index (χ2v) is 11.8. The molecule has 0 bridgehead atoms. The number of aryl methyl sites for hydroxylation is 2. The third-order valence-electron chi connectivity index (χ3n) is 5.73. The number of nitrogens with one attached hydrogen (secondary N) is 1. The van der Waals surface area contributed by atoms with Gasteiger partial charge in [-0.1, -0.05) is 49.1 Å². The van der Waals surface area contributed by atoms with E-state index in [4.69, 9.17) is 0 Å². The van der Waals surface area contributed by atoms with Crippen molar-refractivity contribution in [3.63, 3.8) is 0 Å². The van der Waals surface area contributed by atoms with Gasteiger partial charge < -0.3 is 5.32 Å². The van der Waals surface area contributed by atoms with Crippen molar-refractivity contribution in [2.24, 2.45) is 0 Å². The summed E-state index contributed by atoms with van der Waals surface area (Å²) >= 11 is 2.01. The molecule has 0 atom stereocenters. The van der Waals surface area contributed by atoms with E-state index in [1.54, 1.807) is 36.4 Å². The lowest BCUT2D eigenvalue weighted by atomic mass is 10.0. The second-order valence-electron chi connectivity index (χ2n) is 8.50. The van der Waals surface area contributed by atoms with E-state index in [1.807, 2.05) is 37.7 Å². The quantitative estimate of drug-likeness (QED) is 0.488. The monoisotopic (exact) mass is 474 g/mol. The van der Waals surface area contributed by atoms with E-state index in [1.165, 1.54) is 36.4 Å². The molecule has 1 amide bonds. The number of hydrogen-bond acceptors (Lipinski definition) is 4. The number of carbonyl (C=O) groups is 1. The molecule has 1 saturated carbocycles. The number of anilines is 1. The number of thioether (sulfide) groups is 1. The minimum Gasteiger partial charge on any atom is -0.354 e. The predicted molar refractivity (Wildman–Crippen MR) is 134 cm³/mol. The van der Waals surface area contributed by atoms with E-state index in [0.717, 1.165) is 28.6 Å². The Morgan fingerprint density at radius 3 is 2.44 bits per heavy atom. The van der Waals surface area contributed by atoms with E-state index < -0.39 is 10.0 Å². The Bertz CT molecular complexity index is 985. The molecule has 0 spiro atoms. The first-order chi connectivity index (χ1) is 15.4. The van der Waals surface area contributed by atoms with Crippen LogP contribution in [0.15, 0.2) is 53.4 Å². The highest BCUT2D eigenvalue weighted by Gasteiger charge is 2.27. The number of carbonyl (C=O) groups excluding carboxylic acids is 1. The van der Waals surface area contributed by atoms with Crippen LogP contribution in [0.4, 0.5) is 5.69 Å². The molecule has 0 heterocycles. The number of benzene rings is 2. The van der Waals surface area contributed by atoms with Gasteiger partial charge >= 0.3 is 0 Å². The Morgan fingerprint density at radius 1 is 1.03 bits per heavy atom. The maximum Gasteiger partial charge on any atom is 0.264 e. The molecule has 32 heavy (non-hydrogen) atoms. The average molecular weight is 475 g/mol. The largest absolute Gasteiger partial charge is 0.354 e. The van der Waals surface area contributed by atoms with Crippen LogP contribution in [0.25, 0.3) is 0 Å². The van der Waals surface area contributed by atoms with Crippen LogP contribution in [-0.4, -0.2) is 38.4 Å². The summed E-state index contributed by atoms with van der Waals surface area (Å²) in [5.74, 6) is 0.735. The molecule has 3 rings (SSSR count). The molecule has 1 fully saturated rings. The van der Waals surface area contributed by atoms with Crippen LogP contribution in [0.1, 0.15) is 49.7 Å². The molecule has 1 aliphatic rings. The third-order valence-corrected chi connectivity index (χ3v) is 8.99. The fraction of sp³-hybridized carbons (Fsp3) is 0.480. The molecule has 174 valence electrons. The molecule has 0 aliphatic heterocycles. The smallest absolute Gasteiger partial charge is 0.264 e. The van der Waals surface area contributed by atoms with E-state index in [9.17, 15) is 13.2 Å². The van der Waals surface area contributed by atoms with E-state index in [0.29, 0.717) is 12.2 Å². The normalized spacial score (nSPS) is 14.8. The van der Waals surface area contributed by atoms with Crippen molar-refractivity contribution in [1.29, 1.82) is 0 Å². The lowest BCUT2D eigenvalue weighted by Gasteiger charge is -2.24. The summed E-state index contributed by atoms with van der Waals surface area (Å²) in [7, 11) is -3.86. The molecule has 5 nitrogen and oxygen atoms in total. The van der Waals surface area contributed by atoms with Gasteiger partial charge in [0.25, 0.3) is 10.0 Å². The molecular formula is C25H34N2O3S2. The van der Waals surface area contributed by atoms with Crippen molar-refractivity contribution in [2.45, 2.75) is 62.5 Å². The lowest BCUT2D eigenvalue weighted by molar-refractivity contribution is -0.119. The molecule has 0 radical (unpaired) electrons. The van der Waals surface area contributed by atoms with Crippen LogP contribution in [0.3, 0.4) is 0 Å². The van der Waals surface area contributed by atoms with Crippen LogP contribution in [-0.2, 0) is 14.8 Å². The Kier molecular flexibility index (Phi) is 9.05. The summed E-state index contributed by atoms with van der Waals surface area (Å²) in [6, 6.07) is 14.0. The molecule has 0 saturated heterocycles. The van der Waals surface area contributed by atoms with Crippen LogP contribution in [0.5, 0.6) is 0 Å². The highest BCUT2D eigenvalue weighted by atomic mass is 32.2. The van der Waals surface area contributed by atoms with Gasteiger partial charge in [-0.3, -0.25) is 9.10 Å². The van der Waals surface area contributed by atoms with E-state index >= 15 is 0 Å². The number of hydrogen-bond donors (Lipinski definition) is 1. The van der Waals surface area contributed by atoms with Gasteiger partial charge in [-0.15, -0.1) is 0 Å². The van der Waals surface area contributed by atoms with Gasteiger partial charge in [-0.2, -0.15) is 11.8 Å². The van der Waals surface area contributed by atoms with Gasteiger partial charge in [0.15, 0.2) is 0 Å². The molecule has 0 unspecified atom stereocenters. The maximum atomic E-state index is 13.4. The van der Waals surface area contributed by atoms with Crippen LogP contribution >= 0.6 is 11.8 Å². The summed E-state index contributed by atoms with van der Waals surface area (Å²) in [6.07, 6.45) is 7.52. The minimum atomic E-state index is -3.86.